The third-order valence-corrected chi connectivity index (χ3v) is 1.80. The third kappa shape index (κ3) is 2.09. The van der Waals surface area contributed by atoms with Crippen LogP contribution in [0.2, 0.25) is 0 Å². The molecular weight excluding hydrogens is 182 g/mol. The van der Waals surface area contributed by atoms with Crippen LogP contribution in [0.5, 0.6) is 0 Å². The summed E-state index contributed by atoms with van der Waals surface area (Å²) in [4.78, 5) is 21.6. The minimum absolute atomic E-state index is 0.128. The van der Waals surface area contributed by atoms with Gasteiger partial charge in [-0.25, -0.2) is 4.98 Å². The van der Waals surface area contributed by atoms with Crippen molar-refractivity contribution in [2.45, 2.75) is 20.3 Å². The first-order valence-electron chi connectivity index (χ1n) is 4.24. The van der Waals surface area contributed by atoms with Crippen molar-refractivity contribution < 1.29 is 0 Å². The van der Waals surface area contributed by atoms with Gasteiger partial charge in [0.25, 0.3) is 5.56 Å². The van der Waals surface area contributed by atoms with E-state index in [1.807, 2.05) is 6.92 Å². The van der Waals surface area contributed by atoms with Crippen molar-refractivity contribution in [3.05, 3.63) is 21.6 Å². The molecule has 0 bridgehead atoms. The molecule has 6 nitrogen and oxygen atoms in total. The van der Waals surface area contributed by atoms with E-state index in [4.69, 9.17) is 11.5 Å². The number of rotatable bonds is 2. The maximum absolute atomic E-state index is 11.4. The lowest BCUT2D eigenvalue weighted by molar-refractivity contribution is 0.956. The number of aliphatic imine (C=N–C) groups is 1. The topological polar surface area (TPSA) is 110 Å². The summed E-state index contributed by atoms with van der Waals surface area (Å²) in [5, 5.41) is 0. The second-order valence-corrected chi connectivity index (χ2v) is 2.84. The predicted octanol–water partition coefficient (Wildman–Crippen LogP) is -0.454. The van der Waals surface area contributed by atoms with Gasteiger partial charge in [-0.3, -0.25) is 9.78 Å². The highest BCUT2D eigenvalue weighted by atomic mass is 16.1. The molecule has 6 heteroatoms. The van der Waals surface area contributed by atoms with Crippen molar-refractivity contribution >= 4 is 11.9 Å². The molecule has 0 spiro atoms. The van der Waals surface area contributed by atoms with Gasteiger partial charge >= 0.3 is 0 Å². The van der Waals surface area contributed by atoms with Crippen molar-refractivity contribution in [3.8, 4) is 0 Å². The number of hydrogen-bond donors (Lipinski definition) is 3. The molecule has 0 saturated heterocycles. The van der Waals surface area contributed by atoms with Crippen LogP contribution in [0.15, 0.2) is 9.79 Å². The number of guanidine groups is 1. The number of nitrogens with zero attached hydrogens (tertiary/aromatic N) is 2. The molecule has 0 fully saturated rings. The van der Waals surface area contributed by atoms with Crippen LogP contribution < -0.4 is 17.0 Å². The van der Waals surface area contributed by atoms with Gasteiger partial charge in [-0.05, 0) is 13.3 Å². The number of nitrogens with one attached hydrogen (secondary N) is 1. The first kappa shape index (κ1) is 10.2. The molecule has 0 aliphatic carbocycles. The van der Waals surface area contributed by atoms with Crippen molar-refractivity contribution in [1.29, 1.82) is 0 Å². The quantitative estimate of drug-likeness (QED) is 0.438. The summed E-state index contributed by atoms with van der Waals surface area (Å²) in [6.45, 7) is 3.64. The van der Waals surface area contributed by atoms with Crippen LogP contribution in [0.25, 0.3) is 0 Å². The Morgan fingerprint density at radius 3 is 2.64 bits per heavy atom. The van der Waals surface area contributed by atoms with Gasteiger partial charge in [-0.15, -0.1) is 0 Å². The third-order valence-electron chi connectivity index (χ3n) is 1.80. The largest absolute Gasteiger partial charge is 0.370 e. The number of aryl methyl sites for hydroxylation is 1. The maximum atomic E-state index is 11.4. The van der Waals surface area contributed by atoms with E-state index in [2.05, 4.69) is 15.0 Å². The zero-order chi connectivity index (χ0) is 10.7. The zero-order valence-corrected chi connectivity index (χ0v) is 8.16. The van der Waals surface area contributed by atoms with Crippen LogP contribution in [0.4, 0.5) is 5.95 Å². The molecule has 0 radical (unpaired) electrons. The maximum Gasteiger partial charge on any atom is 0.255 e. The first-order valence-corrected chi connectivity index (χ1v) is 4.24. The van der Waals surface area contributed by atoms with Crippen LogP contribution in [-0.2, 0) is 6.42 Å². The second-order valence-electron chi connectivity index (χ2n) is 2.84. The lowest BCUT2D eigenvalue weighted by atomic mass is 10.2. The molecule has 76 valence electrons. The fraction of sp³-hybridized carbons (Fsp3) is 0.375. The number of H-pyrrole nitrogens is 1. The molecule has 1 rings (SSSR count). The molecule has 1 heterocycles. The van der Waals surface area contributed by atoms with E-state index in [-0.39, 0.29) is 17.5 Å². The van der Waals surface area contributed by atoms with E-state index in [1.54, 1.807) is 6.92 Å². The van der Waals surface area contributed by atoms with Gasteiger partial charge in [-0.2, -0.15) is 4.99 Å². The lowest BCUT2D eigenvalue weighted by Gasteiger charge is -2.01. The van der Waals surface area contributed by atoms with Crippen molar-refractivity contribution in [1.82, 2.24) is 9.97 Å². The molecular formula is C8H13N5O. The molecule has 0 unspecified atom stereocenters. The van der Waals surface area contributed by atoms with Gasteiger partial charge in [0.2, 0.25) is 5.95 Å². The van der Waals surface area contributed by atoms with Crippen LogP contribution in [0, 0.1) is 6.92 Å². The predicted molar refractivity (Wildman–Crippen MR) is 54.4 cm³/mol. The van der Waals surface area contributed by atoms with Gasteiger partial charge in [0.05, 0.1) is 0 Å². The Hall–Kier alpha value is -1.85. The fourth-order valence-electron chi connectivity index (χ4n) is 1.19. The van der Waals surface area contributed by atoms with E-state index >= 15 is 0 Å². The highest BCUT2D eigenvalue weighted by Gasteiger charge is 2.04. The summed E-state index contributed by atoms with van der Waals surface area (Å²) in [5.74, 6) is 0.0153. The highest BCUT2D eigenvalue weighted by molar-refractivity contribution is 5.77. The van der Waals surface area contributed by atoms with Crippen molar-refractivity contribution in [2.75, 3.05) is 0 Å². The lowest BCUT2D eigenvalue weighted by Crippen LogP contribution is -2.23. The van der Waals surface area contributed by atoms with Crippen molar-refractivity contribution in [2.24, 2.45) is 16.5 Å². The molecule has 5 N–H and O–H groups in total. The number of hydrogen-bond acceptors (Lipinski definition) is 3. The normalized spacial score (nSPS) is 9.86. The molecule has 1 aromatic heterocycles. The minimum Gasteiger partial charge on any atom is -0.370 e. The van der Waals surface area contributed by atoms with Crippen LogP contribution in [-0.4, -0.2) is 15.9 Å². The average molecular weight is 195 g/mol. The van der Waals surface area contributed by atoms with Crippen molar-refractivity contribution in [3.63, 3.8) is 0 Å². The summed E-state index contributed by atoms with van der Waals surface area (Å²) in [6, 6.07) is 0. The van der Waals surface area contributed by atoms with E-state index < -0.39 is 0 Å². The molecule has 0 atom stereocenters. The monoisotopic (exact) mass is 195 g/mol. The van der Waals surface area contributed by atoms with Gasteiger partial charge in [-0.1, -0.05) is 6.92 Å². The number of aromatic amines is 1. The molecule has 0 aliphatic rings. The Morgan fingerprint density at radius 2 is 2.21 bits per heavy atom. The number of aromatic nitrogens is 2. The molecule has 0 aromatic carbocycles. The summed E-state index contributed by atoms with van der Waals surface area (Å²) < 4.78 is 0. The van der Waals surface area contributed by atoms with E-state index in [1.165, 1.54) is 0 Å². The smallest absolute Gasteiger partial charge is 0.255 e. The Bertz CT molecular complexity index is 416. The second kappa shape index (κ2) is 3.91. The molecule has 1 aromatic rings. The Labute approximate surface area is 81.1 Å². The molecule has 14 heavy (non-hydrogen) atoms. The summed E-state index contributed by atoms with van der Waals surface area (Å²) in [5.41, 5.74) is 11.4. The van der Waals surface area contributed by atoms with E-state index in [0.29, 0.717) is 17.7 Å². The Balaban J connectivity index is 3.28. The fourth-order valence-corrected chi connectivity index (χ4v) is 1.19. The first-order chi connectivity index (χ1) is 6.54. The molecule has 0 saturated carbocycles. The SMILES string of the molecule is CCc1c(C)nc(N=C(N)N)[nH]c1=O. The average Bonchev–Trinajstić information content (AvgIpc) is 2.01. The van der Waals surface area contributed by atoms with Crippen LogP contribution >= 0.6 is 0 Å². The zero-order valence-electron chi connectivity index (χ0n) is 8.16. The highest BCUT2D eigenvalue weighted by Crippen LogP contribution is 2.04. The summed E-state index contributed by atoms with van der Waals surface area (Å²) in [6.07, 6.45) is 0.635. The number of nitrogens with two attached hydrogens (primary N) is 2. The van der Waals surface area contributed by atoms with Crippen LogP contribution in [0.1, 0.15) is 18.2 Å². The molecule has 0 amide bonds. The summed E-state index contributed by atoms with van der Waals surface area (Å²) in [7, 11) is 0. The summed E-state index contributed by atoms with van der Waals surface area (Å²) >= 11 is 0. The molecule has 0 aliphatic heterocycles. The van der Waals surface area contributed by atoms with Gasteiger partial charge in [0.1, 0.15) is 0 Å². The van der Waals surface area contributed by atoms with E-state index in [9.17, 15) is 4.79 Å². The van der Waals surface area contributed by atoms with E-state index in [0.717, 1.165) is 0 Å². The van der Waals surface area contributed by atoms with Gasteiger partial charge in [0.15, 0.2) is 5.96 Å². The standard InChI is InChI=1S/C8H13N5O/c1-3-5-4(2)11-8(12-6(5)14)13-7(9)10/h3H2,1-2H3,(H5,9,10,11,12,13,14). The van der Waals surface area contributed by atoms with Gasteiger partial charge in [0, 0.05) is 11.3 Å². The Morgan fingerprint density at radius 1 is 1.57 bits per heavy atom. The van der Waals surface area contributed by atoms with Crippen LogP contribution in [0.3, 0.4) is 0 Å². The Kier molecular flexibility index (Phi) is 2.85. The van der Waals surface area contributed by atoms with Gasteiger partial charge < -0.3 is 11.5 Å². The minimum atomic E-state index is -0.194.